The Morgan fingerprint density at radius 2 is 2.00 bits per heavy atom. The van der Waals surface area contributed by atoms with Gasteiger partial charge in [-0.2, -0.15) is 0 Å². The van der Waals surface area contributed by atoms with Crippen LogP contribution in [0.3, 0.4) is 0 Å². The summed E-state index contributed by atoms with van der Waals surface area (Å²) in [7, 11) is 2.08. The quantitative estimate of drug-likeness (QED) is 0.882. The molecule has 3 heterocycles. The zero-order chi connectivity index (χ0) is 15.8. The Morgan fingerprint density at radius 3 is 2.83 bits per heavy atom. The molecule has 0 saturated carbocycles. The van der Waals surface area contributed by atoms with Crippen molar-refractivity contribution in [3.8, 4) is 11.4 Å². The second-order valence-electron chi connectivity index (χ2n) is 5.90. The molecular weight excluding hydrogens is 294 g/mol. The summed E-state index contributed by atoms with van der Waals surface area (Å²) in [6.07, 6.45) is 1.78. The molecule has 0 bridgehead atoms. The lowest BCUT2D eigenvalue weighted by Crippen LogP contribution is -2.52. The highest BCUT2D eigenvalue weighted by Crippen LogP contribution is 2.29. The number of likely N-dealkylation sites (N-methyl/N-ethyl adjacent to an activating group) is 1. The standard InChI is InChI=1S/C16H19N5O2/c1-19-6-8-20(9-7-19)18-16(22)12-10-21-13-4-2-3-5-14(13)23-11-15(21)17-12/h2-5,10H,6-9,11H2,1H3,(H,18,22). The van der Waals surface area contributed by atoms with Gasteiger partial charge in [0.2, 0.25) is 0 Å². The van der Waals surface area contributed by atoms with Crippen molar-refractivity contribution in [2.45, 2.75) is 6.61 Å². The number of hydrogen-bond donors (Lipinski definition) is 1. The zero-order valence-corrected chi connectivity index (χ0v) is 13.0. The molecule has 0 spiro atoms. The molecule has 2 aliphatic heterocycles. The number of hydrogen-bond acceptors (Lipinski definition) is 5. The van der Waals surface area contributed by atoms with Crippen molar-refractivity contribution < 1.29 is 9.53 Å². The van der Waals surface area contributed by atoms with Gasteiger partial charge in [0.05, 0.1) is 5.69 Å². The first-order valence-corrected chi connectivity index (χ1v) is 7.75. The summed E-state index contributed by atoms with van der Waals surface area (Å²) in [5.74, 6) is 1.38. The summed E-state index contributed by atoms with van der Waals surface area (Å²) in [5, 5.41) is 1.95. The Hall–Kier alpha value is -2.38. The smallest absolute Gasteiger partial charge is 0.285 e. The molecule has 1 saturated heterocycles. The fraction of sp³-hybridized carbons (Fsp3) is 0.375. The van der Waals surface area contributed by atoms with Crippen molar-refractivity contribution in [2.75, 3.05) is 33.2 Å². The SMILES string of the molecule is CN1CCN(NC(=O)c2cn3c(n2)COc2ccccc2-3)CC1. The number of piperazine rings is 1. The van der Waals surface area contributed by atoms with E-state index >= 15 is 0 Å². The lowest BCUT2D eigenvalue weighted by Gasteiger charge is -2.32. The number of carbonyl (C=O) groups excluding carboxylic acids is 1. The van der Waals surface area contributed by atoms with E-state index in [1.807, 2.05) is 33.8 Å². The van der Waals surface area contributed by atoms with E-state index in [0.29, 0.717) is 12.3 Å². The summed E-state index contributed by atoms with van der Waals surface area (Å²) >= 11 is 0. The van der Waals surface area contributed by atoms with Crippen molar-refractivity contribution in [3.05, 3.63) is 42.0 Å². The number of para-hydroxylation sites is 2. The molecular formula is C16H19N5O2. The van der Waals surface area contributed by atoms with Crippen LogP contribution in [0, 0.1) is 0 Å². The van der Waals surface area contributed by atoms with Gasteiger partial charge >= 0.3 is 0 Å². The molecule has 2 aliphatic rings. The van der Waals surface area contributed by atoms with Gasteiger partial charge in [-0.05, 0) is 19.2 Å². The van der Waals surface area contributed by atoms with E-state index in [4.69, 9.17) is 4.74 Å². The van der Waals surface area contributed by atoms with Gasteiger partial charge in [-0.3, -0.25) is 14.8 Å². The molecule has 120 valence electrons. The van der Waals surface area contributed by atoms with Gasteiger partial charge in [-0.1, -0.05) is 12.1 Å². The minimum absolute atomic E-state index is 0.172. The summed E-state index contributed by atoms with van der Waals surface area (Å²) in [5.41, 5.74) is 4.27. The normalized spacial score (nSPS) is 18.0. The second kappa shape index (κ2) is 5.68. The van der Waals surface area contributed by atoms with Crippen LogP contribution in [0.15, 0.2) is 30.5 Å². The molecule has 1 amide bonds. The molecule has 2 aromatic rings. The van der Waals surface area contributed by atoms with Crippen molar-refractivity contribution in [3.63, 3.8) is 0 Å². The average molecular weight is 313 g/mol. The maximum Gasteiger partial charge on any atom is 0.285 e. The monoisotopic (exact) mass is 313 g/mol. The fourth-order valence-corrected chi connectivity index (χ4v) is 2.88. The van der Waals surface area contributed by atoms with Crippen LogP contribution in [0.25, 0.3) is 5.69 Å². The highest BCUT2D eigenvalue weighted by Gasteiger charge is 2.23. The number of rotatable bonds is 2. The molecule has 1 fully saturated rings. The molecule has 0 unspecified atom stereocenters. The van der Waals surface area contributed by atoms with Crippen LogP contribution in [-0.2, 0) is 6.61 Å². The Labute approximate surface area is 134 Å². The largest absolute Gasteiger partial charge is 0.483 e. The molecule has 0 radical (unpaired) electrons. The Balaban J connectivity index is 1.53. The van der Waals surface area contributed by atoms with Crippen LogP contribution in [0.5, 0.6) is 5.75 Å². The fourth-order valence-electron chi connectivity index (χ4n) is 2.88. The predicted molar refractivity (Wildman–Crippen MR) is 84.4 cm³/mol. The molecule has 1 aromatic carbocycles. The van der Waals surface area contributed by atoms with Crippen LogP contribution in [0.2, 0.25) is 0 Å². The average Bonchev–Trinajstić information content (AvgIpc) is 3.02. The van der Waals surface area contributed by atoms with Gasteiger partial charge in [-0.15, -0.1) is 0 Å². The van der Waals surface area contributed by atoms with Crippen LogP contribution in [-0.4, -0.2) is 58.6 Å². The van der Waals surface area contributed by atoms with Gasteiger partial charge in [0.1, 0.15) is 18.1 Å². The molecule has 7 heteroatoms. The van der Waals surface area contributed by atoms with Gasteiger partial charge in [0, 0.05) is 32.4 Å². The van der Waals surface area contributed by atoms with Crippen molar-refractivity contribution in [1.29, 1.82) is 0 Å². The van der Waals surface area contributed by atoms with E-state index in [1.54, 1.807) is 6.20 Å². The second-order valence-corrected chi connectivity index (χ2v) is 5.90. The number of fused-ring (bicyclic) bond motifs is 3. The number of hydrazine groups is 1. The van der Waals surface area contributed by atoms with E-state index in [9.17, 15) is 4.79 Å². The molecule has 4 rings (SSSR count). The van der Waals surface area contributed by atoms with Crippen LogP contribution >= 0.6 is 0 Å². The topological polar surface area (TPSA) is 62.6 Å². The maximum atomic E-state index is 12.4. The molecule has 7 nitrogen and oxygen atoms in total. The number of carbonyl (C=O) groups is 1. The summed E-state index contributed by atoms with van der Waals surface area (Å²) < 4.78 is 7.60. The van der Waals surface area contributed by atoms with E-state index in [2.05, 4.69) is 22.4 Å². The number of nitrogens with one attached hydrogen (secondary N) is 1. The molecule has 0 aliphatic carbocycles. The minimum atomic E-state index is -0.172. The molecule has 1 N–H and O–H groups in total. The summed E-state index contributed by atoms with van der Waals surface area (Å²) in [6, 6.07) is 7.76. The Kier molecular flexibility index (Phi) is 3.51. The van der Waals surface area contributed by atoms with Gasteiger partial charge in [-0.25, -0.2) is 9.99 Å². The number of benzene rings is 1. The van der Waals surface area contributed by atoms with Crippen molar-refractivity contribution in [2.24, 2.45) is 0 Å². The molecule has 23 heavy (non-hydrogen) atoms. The third kappa shape index (κ3) is 2.69. The van der Waals surface area contributed by atoms with E-state index < -0.39 is 0 Å². The summed E-state index contributed by atoms with van der Waals surface area (Å²) in [4.78, 5) is 19.1. The number of aromatic nitrogens is 2. The van der Waals surface area contributed by atoms with Crippen LogP contribution in [0.4, 0.5) is 0 Å². The van der Waals surface area contributed by atoms with E-state index in [0.717, 1.165) is 43.4 Å². The van der Waals surface area contributed by atoms with Gasteiger partial charge < -0.3 is 9.64 Å². The van der Waals surface area contributed by atoms with Crippen LogP contribution in [0.1, 0.15) is 16.3 Å². The lowest BCUT2D eigenvalue weighted by molar-refractivity contribution is 0.0658. The van der Waals surface area contributed by atoms with Gasteiger partial charge in [0.25, 0.3) is 5.91 Å². The highest BCUT2D eigenvalue weighted by molar-refractivity contribution is 5.92. The van der Waals surface area contributed by atoms with Crippen molar-refractivity contribution in [1.82, 2.24) is 24.9 Å². The van der Waals surface area contributed by atoms with E-state index in [1.165, 1.54) is 0 Å². The molecule has 0 atom stereocenters. The predicted octanol–water partition coefficient (Wildman–Crippen LogP) is 0.657. The Morgan fingerprint density at radius 1 is 1.22 bits per heavy atom. The number of ether oxygens (including phenoxy) is 1. The Bertz CT molecular complexity index is 734. The first-order chi connectivity index (χ1) is 11.2. The summed E-state index contributed by atoms with van der Waals surface area (Å²) in [6.45, 7) is 3.91. The number of nitrogens with zero attached hydrogens (tertiary/aromatic N) is 4. The van der Waals surface area contributed by atoms with Gasteiger partial charge in [0.15, 0.2) is 5.82 Å². The number of imidazole rings is 1. The molecule has 1 aromatic heterocycles. The van der Waals surface area contributed by atoms with Crippen LogP contribution < -0.4 is 10.2 Å². The zero-order valence-electron chi connectivity index (χ0n) is 13.0. The number of amides is 1. The first kappa shape index (κ1) is 14.2. The first-order valence-electron chi connectivity index (χ1n) is 7.75. The third-order valence-corrected chi connectivity index (χ3v) is 4.26. The van der Waals surface area contributed by atoms with E-state index in [-0.39, 0.29) is 5.91 Å². The van der Waals surface area contributed by atoms with Crippen molar-refractivity contribution >= 4 is 5.91 Å². The highest BCUT2D eigenvalue weighted by atomic mass is 16.5. The third-order valence-electron chi connectivity index (χ3n) is 4.26. The lowest BCUT2D eigenvalue weighted by atomic mass is 10.2. The maximum absolute atomic E-state index is 12.4. The minimum Gasteiger partial charge on any atom is -0.483 e.